The molecule has 2 rings (SSSR count). The number of nitrogens with one attached hydrogen (secondary N) is 1. The largest absolute Gasteiger partial charge is 0.399 e. The Balaban J connectivity index is 2.31. The third-order valence-electron chi connectivity index (χ3n) is 2.43. The third-order valence-corrected chi connectivity index (χ3v) is 4.42. The van der Waals surface area contributed by atoms with Crippen molar-refractivity contribution < 1.29 is 4.79 Å². The number of rotatable bonds is 2. The van der Waals surface area contributed by atoms with Crippen LogP contribution < -0.4 is 11.1 Å². The lowest BCUT2D eigenvalue weighted by molar-refractivity contribution is 0.102. The molecule has 0 heterocycles. The van der Waals surface area contributed by atoms with E-state index in [4.69, 9.17) is 17.3 Å². The molecule has 0 unspecified atom stereocenters. The fourth-order valence-corrected chi connectivity index (χ4v) is 2.43. The van der Waals surface area contributed by atoms with Crippen molar-refractivity contribution in [2.75, 3.05) is 11.1 Å². The molecule has 0 aliphatic carbocycles. The van der Waals surface area contributed by atoms with E-state index in [-0.39, 0.29) is 5.91 Å². The van der Waals surface area contributed by atoms with E-state index in [0.717, 1.165) is 4.47 Å². The molecule has 0 aromatic heterocycles. The Morgan fingerprint density at radius 2 is 1.89 bits per heavy atom. The van der Waals surface area contributed by atoms with Crippen molar-refractivity contribution in [3.05, 3.63) is 55.9 Å². The van der Waals surface area contributed by atoms with Crippen LogP contribution in [0.4, 0.5) is 11.4 Å². The summed E-state index contributed by atoms with van der Waals surface area (Å²) >= 11 is 12.7. The van der Waals surface area contributed by atoms with Crippen LogP contribution >= 0.6 is 43.5 Å². The van der Waals surface area contributed by atoms with Gasteiger partial charge in [0.05, 0.1) is 16.3 Å². The molecular formula is C13H9Br2ClN2O. The summed E-state index contributed by atoms with van der Waals surface area (Å²) in [5.41, 5.74) is 7.25. The Kier molecular flexibility index (Phi) is 4.50. The van der Waals surface area contributed by atoms with Gasteiger partial charge in [0.2, 0.25) is 0 Å². The fraction of sp³-hybridized carbons (Fsp3) is 0. The minimum Gasteiger partial charge on any atom is -0.399 e. The van der Waals surface area contributed by atoms with E-state index in [1.54, 1.807) is 36.4 Å². The molecule has 1 amide bonds. The van der Waals surface area contributed by atoms with E-state index < -0.39 is 0 Å². The average molecular weight is 404 g/mol. The molecule has 0 atom stereocenters. The third kappa shape index (κ3) is 3.29. The topological polar surface area (TPSA) is 55.1 Å². The van der Waals surface area contributed by atoms with Crippen molar-refractivity contribution in [3.8, 4) is 0 Å². The highest BCUT2D eigenvalue weighted by atomic mass is 79.9. The van der Waals surface area contributed by atoms with Crippen LogP contribution in [0.5, 0.6) is 0 Å². The zero-order chi connectivity index (χ0) is 14.0. The van der Waals surface area contributed by atoms with Gasteiger partial charge in [-0.15, -0.1) is 0 Å². The maximum atomic E-state index is 12.2. The zero-order valence-electron chi connectivity index (χ0n) is 9.58. The summed E-state index contributed by atoms with van der Waals surface area (Å²) in [5.74, 6) is -0.294. The molecule has 0 fully saturated rings. The van der Waals surface area contributed by atoms with Crippen LogP contribution in [-0.4, -0.2) is 5.91 Å². The first-order valence-corrected chi connectivity index (χ1v) is 7.26. The van der Waals surface area contributed by atoms with Crippen LogP contribution in [0.25, 0.3) is 0 Å². The summed E-state index contributed by atoms with van der Waals surface area (Å²) in [7, 11) is 0. The van der Waals surface area contributed by atoms with Gasteiger partial charge in [0.25, 0.3) is 5.91 Å². The summed E-state index contributed by atoms with van der Waals surface area (Å²) in [4.78, 5) is 12.2. The molecule has 0 aliphatic heterocycles. The molecule has 0 saturated heterocycles. The molecule has 3 nitrogen and oxygen atoms in total. The number of halogens is 3. The van der Waals surface area contributed by atoms with E-state index in [2.05, 4.69) is 37.2 Å². The molecule has 6 heteroatoms. The van der Waals surface area contributed by atoms with Crippen LogP contribution in [0.15, 0.2) is 45.3 Å². The lowest BCUT2D eigenvalue weighted by Gasteiger charge is -2.10. The minimum absolute atomic E-state index is 0.294. The minimum atomic E-state index is -0.294. The van der Waals surface area contributed by atoms with Crippen LogP contribution in [0, 0.1) is 0 Å². The first-order valence-electron chi connectivity index (χ1n) is 5.29. The molecule has 98 valence electrons. The molecule has 0 aliphatic rings. The van der Waals surface area contributed by atoms with Gasteiger partial charge < -0.3 is 11.1 Å². The number of nitrogen functional groups attached to an aromatic ring is 1. The number of anilines is 2. The molecule has 0 radical (unpaired) electrons. The summed E-state index contributed by atoms with van der Waals surface area (Å²) in [6, 6.07) is 10.4. The molecule has 0 spiro atoms. The first kappa shape index (κ1) is 14.4. The molecule has 0 saturated carbocycles. The van der Waals surface area contributed by atoms with Crippen LogP contribution in [0.3, 0.4) is 0 Å². The normalized spacial score (nSPS) is 10.3. The molecule has 2 aromatic rings. The van der Waals surface area contributed by atoms with Crippen molar-refractivity contribution in [2.24, 2.45) is 0 Å². The van der Waals surface area contributed by atoms with Crippen molar-refractivity contribution in [1.29, 1.82) is 0 Å². The average Bonchev–Trinajstić information content (AvgIpc) is 2.37. The van der Waals surface area contributed by atoms with Gasteiger partial charge >= 0.3 is 0 Å². The highest BCUT2D eigenvalue weighted by Gasteiger charge is 2.13. The molecule has 0 bridgehead atoms. The van der Waals surface area contributed by atoms with Gasteiger partial charge in [0.1, 0.15) is 0 Å². The van der Waals surface area contributed by atoms with Crippen LogP contribution in [-0.2, 0) is 0 Å². The van der Waals surface area contributed by atoms with E-state index in [1.165, 1.54) is 0 Å². The molecule has 19 heavy (non-hydrogen) atoms. The monoisotopic (exact) mass is 402 g/mol. The van der Waals surface area contributed by atoms with Gasteiger partial charge in [-0.3, -0.25) is 4.79 Å². The van der Waals surface area contributed by atoms with Gasteiger partial charge in [-0.05, 0) is 62.2 Å². The number of amides is 1. The Hall–Kier alpha value is -1.04. The number of hydrogen-bond donors (Lipinski definition) is 2. The Bertz CT molecular complexity index is 647. The predicted molar refractivity (Wildman–Crippen MR) is 85.7 cm³/mol. The molecule has 2 aromatic carbocycles. The quantitative estimate of drug-likeness (QED) is 0.713. The van der Waals surface area contributed by atoms with Gasteiger partial charge in [0, 0.05) is 14.6 Å². The van der Waals surface area contributed by atoms with Crippen molar-refractivity contribution in [3.63, 3.8) is 0 Å². The van der Waals surface area contributed by atoms with Gasteiger partial charge in [0.15, 0.2) is 0 Å². The smallest absolute Gasteiger partial charge is 0.257 e. The maximum Gasteiger partial charge on any atom is 0.257 e. The zero-order valence-corrected chi connectivity index (χ0v) is 13.5. The second kappa shape index (κ2) is 5.94. The fourth-order valence-electron chi connectivity index (χ4n) is 1.51. The van der Waals surface area contributed by atoms with Gasteiger partial charge in [-0.25, -0.2) is 0 Å². The SMILES string of the molecule is Nc1ccc(Br)c(NC(=O)c2cccc(Br)c2Cl)c1. The number of hydrogen-bond acceptors (Lipinski definition) is 2. The highest BCUT2D eigenvalue weighted by molar-refractivity contribution is 9.11. The van der Waals surface area contributed by atoms with E-state index >= 15 is 0 Å². The summed E-state index contributed by atoms with van der Waals surface area (Å²) in [6.07, 6.45) is 0. The second-order valence-corrected chi connectivity index (χ2v) is 5.88. The maximum absolute atomic E-state index is 12.2. The number of carbonyl (C=O) groups is 1. The number of nitrogens with two attached hydrogens (primary N) is 1. The van der Waals surface area contributed by atoms with E-state index in [0.29, 0.717) is 26.4 Å². The molecule has 3 N–H and O–H groups in total. The van der Waals surface area contributed by atoms with Crippen molar-refractivity contribution in [1.82, 2.24) is 0 Å². The summed E-state index contributed by atoms with van der Waals surface area (Å²) < 4.78 is 1.43. The van der Waals surface area contributed by atoms with Crippen LogP contribution in [0.2, 0.25) is 5.02 Å². The second-order valence-electron chi connectivity index (χ2n) is 3.79. The van der Waals surface area contributed by atoms with E-state index in [1.807, 2.05) is 0 Å². The van der Waals surface area contributed by atoms with Gasteiger partial charge in [-0.1, -0.05) is 17.7 Å². The Morgan fingerprint density at radius 1 is 1.16 bits per heavy atom. The summed E-state index contributed by atoms with van der Waals surface area (Å²) in [6.45, 7) is 0. The Labute approximate surface area is 132 Å². The van der Waals surface area contributed by atoms with Gasteiger partial charge in [-0.2, -0.15) is 0 Å². The Morgan fingerprint density at radius 3 is 2.63 bits per heavy atom. The highest BCUT2D eigenvalue weighted by Crippen LogP contribution is 2.29. The molecular weight excluding hydrogens is 395 g/mol. The van der Waals surface area contributed by atoms with Crippen molar-refractivity contribution >= 4 is 60.7 Å². The number of carbonyl (C=O) groups excluding carboxylic acids is 1. The van der Waals surface area contributed by atoms with Crippen molar-refractivity contribution in [2.45, 2.75) is 0 Å². The predicted octanol–water partition coefficient (Wildman–Crippen LogP) is 4.70. The van der Waals surface area contributed by atoms with Crippen LogP contribution in [0.1, 0.15) is 10.4 Å². The van der Waals surface area contributed by atoms with E-state index in [9.17, 15) is 4.79 Å². The lowest BCUT2D eigenvalue weighted by Crippen LogP contribution is -2.13. The standard InChI is InChI=1S/C13H9Br2ClN2O/c14-9-5-4-7(17)6-11(9)18-13(19)8-2-1-3-10(15)12(8)16/h1-6H,17H2,(H,18,19). The number of benzene rings is 2. The summed E-state index contributed by atoms with van der Waals surface area (Å²) in [5, 5.41) is 3.14. The first-order chi connectivity index (χ1) is 8.99. The lowest BCUT2D eigenvalue weighted by atomic mass is 10.2.